The molecule has 0 atom stereocenters. The number of amides is 1. The number of rotatable bonds is 3. The van der Waals surface area contributed by atoms with E-state index < -0.39 is 0 Å². The number of halogens is 2. The molecule has 1 amide bonds. The lowest BCUT2D eigenvalue weighted by atomic mass is 10.2. The molecule has 1 aromatic heterocycles. The lowest BCUT2D eigenvalue weighted by Gasteiger charge is -2.08. The van der Waals surface area contributed by atoms with Gasteiger partial charge in [-0.15, -0.1) is 0 Å². The molecular weight excluding hydrogens is 352 g/mol. The van der Waals surface area contributed by atoms with Gasteiger partial charge in [-0.25, -0.2) is 0 Å². The Bertz CT molecular complexity index is 813. The van der Waals surface area contributed by atoms with Crippen LogP contribution >= 0.6 is 27.5 Å². The number of para-hydroxylation sites is 1. The number of benzene rings is 2. The van der Waals surface area contributed by atoms with Gasteiger partial charge in [0.2, 0.25) is 5.91 Å². The summed E-state index contributed by atoms with van der Waals surface area (Å²) in [5.41, 5.74) is 1.64. The quantitative estimate of drug-likeness (QED) is 0.719. The molecule has 1 N–H and O–H groups in total. The van der Waals surface area contributed by atoms with E-state index in [1.807, 2.05) is 59.3 Å². The highest BCUT2D eigenvalue weighted by molar-refractivity contribution is 9.10. The van der Waals surface area contributed by atoms with Crippen LogP contribution in [0.15, 0.2) is 59.2 Å². The van der Waals surface area contributed by atoms with E-state index in [2.05, 4.69) is 21.2 Å². The van der Waals surface area contributed by atoms with Gasteiger partial charge in [0.25, 0.3) is 0 Å². The van der Waals surface area contributed by atoms with Gasteiger partial charge in [-0.2, -0.15) is 0 Å². The van der Waals surface area contributed by atoms with E-state index in [1.165, 1.54) is 0 Å². The van der Waals surface area contributed by atoms with Crippen LogP contribution in [0.1, 0.15) is 0 Å². The van der Waals surface area contributed by atoms with Gasteiger partial charge in [0, 0.05) is 21.7 Å². The Morgan fingerprint density at radius 3 is 2.81 bits per heavy atom. The first-order valence-corrected chi connectivity index (χ1v) is 7.59. The number of hydrogen-bond donors (Lipinski definition) is 1. The summed E-state index contributed by atoms with van der Waals surface area (Å²) >= 11 is 9.59. The van der Waals surface area contributed by atoms with Gasteiger partial charge < -0.3 is 9.88 Å². The Labute approximate surface area is 135 Å². The molecule has 0 spiro atoms. The second-order valence-electron chi connectivity index (χ2n) is 4.68. The molecule has 0 saturated carbocycles. The summed E-state index contributed by atoms with van der Waals surface area (Å²) in [4.78, 5) is 12.2. The van der Waals surface area contributed by atoms with E-state index in [0.717, 1.165) is 21.1 Å². The van der Waals surface area contributed by atoms with Crippen molar-refractivity contribution in [3.05, 3.63) is 64.2 Å². The lowest BCUT2D eigenvalue weighted by Crippen LogP contribution is -2.18. The lowest BCUT2D eigenvalue weighted by molar-refractivity contribution is -0.116. The molecule has 21 heavy (non-hydrogen) atoms. The van der Waals surface area contributed by atoms with Crippen LogP contribution in [-0.2, 0) is 11.3 Å². The summed E-state index contributed by atoms with van der Waals surface area (Å²) in [5.74, 6) is -0.0921. The molecule has 1 heterocycles. The number of carbonyl (C=O) groups excluding carboxylic acids is 1. The van der Waals surface area contributed by atoms with Crippen molar-refractivity contribution < 1.29 is 4.79 Å². The third-order valence-electron chi connectivity index (χ3n) is 3.16. The van der Waals surface area contributed by atoms with Crippen LogP contribution in [0.5, 0.6) is 0 Å². The second kappa shape index (κ2) is 5.92. The Balaban J connectivity index is 1.81. The number of anilines is 1. The van der Waals surface area contributed by atoms with Crippen molar-refractivity contribution >= 4 is 50.0 Å². The van der Waals surface area contributed by atoms with E-state index in [4.69, 9.17) is 11.6 Å². The van der Waals surface area contributed by atoms with E-state index >= 15 is 0 Å². The van der Waals surface area contributed by atoms with Crippen molar-refractivity contribution in [3.63, 3.8) is 0 Å². The summed E-state index contributed by atoms with van der Waals surface area (Å²) in [6, 6.07) is 15.2. The van der Waals surface area contributed by atoms with Gasteiger partial charge in [-0.1, -0.05) is 45.7 Å². The topological polar surface area (TPSA) is 34.0 Å². The zero-order valence-electron chi connectivity index (χ0n) is 11.0. The minimum absolute atomic E-state index is 0.0921. The van der Waals surface area contributed by atoms with Gasteiger partial charge in [0.15, 0.2) is 0 Å². The first kappa shape index (κ1) is 14.2. The van der Waals surface area contributed by atoms with Crippen molar-refractivity contribution in [3.8, 4) is 0 Å². The molecule has 0 bridgehead atoms. The van der Waals surface area contributed by atoms with Crippen molar-refractivity contribution in [2.24, 2.45) is 0 Å². The molecule has 2 aromatic carbocycles. The Morgan fingerprint density at radius 2 is 2.00 bits per heavy atom. The fourth-order valence-corrected chi connectivity index (χ4v) is 2.96. The molecule has 0 aliphatic heterocycles. The molecule has 0 unspecified atom stereocenters. The molecule has 5 heteroatoms. The van der Waals surface area contributed by atoms with Crippen molar-refractivity contribution in [2.75, 3.05) is 5.32 Å². The van der Waals surface area contributed by atoms with Crippen LogP contribution in [0.3, 0.4) is 0 Å². The monoisotopic (exact) mass is 362 g/mol. The molecule has 0 aliphatic carbocycles. The highest BCUT2D eigenvalue weighted by atomic mass is 79.9. The van der Waals surface area contributed by atoms with Gasteiger partial charge in [-0.05, 0) is 30.3 Å². The minimum Gasteiger partial charge on any atom is -0.337 e. The highest BCUT2D eigenvalue weighted by Gasteiger charge is 2.09. The van der Waals surface area contributed by atoms with Crippen LogP contribution in [0.25, 0.3) is 10.9 Å². The van der Waals surface area contributed by atoms with Crippen molar-refractivity contribution in [2.45, 2.75) is 6.54 Å². The van der Waals surface area contributed by atoms with Gasteiger partial charge in [0.05, 0.1) is 10.5 Å². The van der Waals surface area contributed by atoms with Crippen LogP contribution in [0.2, 0.25) is 5.02 Å². The van der Waals surface area contributed by atoms with Gasteiger partial charge in [0.1, 0.15) is 6.54 Å². The maximum Gasteiger partial charge on any atom is 0.244 e. The molecular formula is C16H12BrClN2O. The van der Waals surface area contributed by atoms with Crippen molar-refractivity contribution in [1.29, 1.82) is 0 Å². The number of carbonyl (C=O) groups is 1. The predicted octanol–water partition coefficient (Wildman–Crippen LogP) is 4.70. The molecule has 0 aliphatic rings. The van der Waals surface area contributed by atoms with Crippen molar-refractivity contribution in [1.82, 2.24) is 4.57 Å². The third kappa shape index (κ3) is 3.12. The Kier molecular flexibility index (Phi) is 3.99. The molecule has 3 nitrogen and oxygen atoms in total. The van der Waals surface area contributed by atoms with E-state index in [-0.39, 0.29) is 12.5 Å². The van der Waals surface area contributed by atoms with Gasteiger partial charge >= 0.3 is 0 Å². The summed E-state index contributed by atoms with van der Waals surface area (Å²) < 4.78 is 2.78. The van der Waals surface area contributed by atoms with E-state index in [1.54, 1.807) is 0 Å². The number of aromatic nitrogens is 1. The summed E-state index contributed by atoms with van der Waals surface area (Å²) in [6.07, 6.45) is 1.87. The Morgan fingerprint density at radius 1 is 1.19 bits per heavy atom. The molecule has 3 aromatic rings. The Hall–Kier alpha value is -1.78. The summed E-state index contributed by atoms with van der Waals surface area (Å²) in [6.45, 7) is 0.222. The maximum absolute atomic E-state index is 12.2. The predicted molar refractivity (Wildman–Crippen MR) is 89.7 cm³/mol. The van der Waals surface area contributed by atoms with Crippen LogP contribution in [-0.4, -0.2) is 10.5 Å². The summed E-state index contributed by atoms with van der Waals surface area (Å²) in [5, 5.41) is 4.54. The number of nitrogens with zero attached hydrogens (tertiary/aromatic N) is 1. The first-order valence-electron chi connectivity index (χ1n) is 6.42. The average molecular weight is 364 g/mol. The largest absolute Gasteiger partial charge is 0.337 e. The van der Waals surface area contributed by atoms with Gasteiger partial charge in [-0.3, -0.25) is 4.79 Å². The molecule has 106 valence electrons. The molecule has 0 saturated heterocycles. The van der Waals surface area contributed by atoms with Crippen LogP contribution in [0.4, 0.5) is 5.69 Å². The number of fused-ring (bicyclic) bond motifs is 1. The number of hydrogen-bond acceptors (Lipinski definition) is 1. The molecule has 0 radical (unpaired) electrons. The standard InChI is InChI=1S/C16H12BrClN2O/c17-12-4-2-5-13(9-12)19-15(21)10-20-8-7-11-3-1-6-14(18)16(11)20/h1-9H,10H2,(H,19,21). The molecule has 0 fully saturated rings. The fraction of sp³-hybridized carbons (Fsp3) is 0.0625. The van der Waals surface area contributed by atoms with Crippen LogP contribution < -0.4 is 5.32 Å². The minimum atomic E-state index is -0.0921. The maximum atomic E-state index is 12.2. The fourth-order valence-electron chi connectivity index (χ4n) is 2.27. The number of nitrogens with one attached hydrogen (secondary N) is 1. The zero-order chi connectivity index (χ0) is 14.8. The SMILES string of the molecule is O=C(Cn1ccc2cccc(Cl)c21)Nc1cccc(Br)c1. The normalized spacial score (nSPS) is 10.8. The second-order valence-corrected chi connectivity index (χ2v) is 6.00. The molecule has 3 rings (SSSR count). The average Bonchev–Trinajstić information content (AvgIpc) is 2.83. The van der Waals surface area contributed by atoms with E-state index in [0.29, 0.717) is 5.02 Å². The third-order valence-corrected chi connectivity index (χ3v) is 3.96. The van der Waals surface area contributed by atoms with E-state index in [9.17, 15) is 4.79 Å². The first-order chi connectivity index (χ1) is 10.1. The highest BCUT2D eigenvalue weighted by Crippen LogP contribution is 2.24. The summed E-state index contributed by atoms with van der Waals surface area (Å²) in [7, 11) is 0. The zero-order valence-corrected chi connectivity index (χ0v) is 13.4. The smallest absolute Gasteiger partial charge is 0.244 e. The van der Waals surface area contributed by atoms with Crippen LogP contribution in [0, 0.1) is 0 Å².